The van der Waals surface area contributed by atoms with Crippen LogP contribution in [0.2, 0.25) is 0 Å². The van der Waals surface area contributed by atoms with Gasteiger partial charge in [0.05, 0.1) is 11.0 Å². The van der Waals surface area contributed by atoms with E-state index < -0.39 is 0 Å². The van der Waals surface area contributed by atoms with Gasteiger partial charge in [0, 0.05) is 53.3 Å². The van der Waals surface area contributed by atoms with E-state index in [0.29, 0.717) is 17.5 Å². The van der Waals surface area contributed by atoms with Crippen molar-refractivity contribution >= 4 is 53.3 Å². The predicted octanol–water partition coefficient (Wildman–Crippen LogP) is 15.3. The molecular weight excluding hydrogens is 773 g/mol. The zero-order chi connectivity index (χ0) is 41.0. The SMILES string of the molecule is c1ccc(-c2nc(-c3ccccc3)nc(-c3cc(-c4ccccc4-c4ccccc4)ccc3-c3cccc4sc5ccc6c7ccccc7n(-c7ccccc7)c6c5c34)n2)cc1. The third-order valence-corrected chi connectivity index (χ3v) is 13.0. The van der Waals surface area contributed by atoms with Gasteiger partial charge in [0.25, 0.3) is 0 Å². The lowest BCUT2D eigenvalue weighted by molar-refractivity contribution is 1.07. The van der Waals surface area contributed by atoms with Crippen LogP contribution in [-0.4, -0.2) is 19.5 Å². The van der Waals surface area contributed by atoms with Crippen LogP contribution in [0.3, 0.4) is 0 Å². The minimum absolute atomic E-state index is 0.617. The fraction of sp³-hybridized carbons (Fsp3) is 0. The quantitative estimate of drug-likeness (QED) is 0.161. The van der Waals surface area contributed by atoms with Crippen molar-refractivity contribution in [3.63, 3.8) is 0 Å². The van der Waals surface area contributed by atoms with Crippen molar-refractivity contribution in [1.29, 1.82) is 0 Å². The maximum atomic E-state index is 5.34. The number of para-hydroxylation sites is 2. The van der Waals surface area contributed by atoms with Crippen LogP contribution in [0.1, 0.15) is 0 Å². The molecule has 4 nitrogen and oxygen atoms in total. The van der Waals surface area contributed by atoms with Gasteiger partial charge in [-0.3, -0.25) is 0 Å². The van der Waals surface area contributed by atoms with E-state index in [2.05, 4.69) is 187 Å². The lowest BCUT2D eigenvalue weighted by atomic mass is 9.89. The minimum atomic E-state index is 0.617. The maximum absolute atomic E-state index is 5.34. The molecule has 12 rings (SSSR count). The van der Waals surface area contributed by atoms with E-state index in [4.69, 9.17) is 15.0 Å². The molecular formula is C57H36N4S. The van der Waals surface area contributed by atoms with Crippen molar-refractivity contribution < 1.29 is 0 Å². The first-order chi connectivity index (χ1) is 30.8. The highest BCUT2D eigenvalue weighted by molar-refractivity contribution is 7.26. The average Bonchev–Trinajstić information content (AvgIpc) is 3.91. The first-order valence-corrected chi connectivity index (χ1v) is 21.7. The highest BCUT2D eigenvalue weighted by Crippen LogP contribution is 2.48. The third-order valence-electron chi connectivity index (χ3n) is 11.9. The molecule has 12 aromatic rings. The number of hydrogen-bond donors (Lipinski definition) is 0. The van der Waals surface area contributed by atoms with Gasteiger partial charge in [-0.2, -0.15) is 0 Å². The van der Waals surface area contributed by atoms with Gasteiger partial charge < -0.3 is 4.57 Å². The molecule has 0 spiro atoms. The highest BCUT2D eigenvalue weighted by atomic mass is 32.1. The van der Waals surface area contributed by atoms with Crippen LogP contribution in [-0.2, 0) is 0 Å². The molecule has 0 radical (unpaired) electrons. The Morgan fingerprint density at radius 2 is 0.871 bits per heavy atom. The van der Waals surface area contributed by atoms with Crippen LogP contribution < -0.4 is 0 Å². The molecule has 290 valence electrons. The molecule has 3 heterocycles. The zero-order valence-corrected chi connectivity index (χ0v) is 34.3. The molecule has 0 amide bonds. The molecule has 62 heavy (non-hydrogen) atoms. The summed E-state index contributed by atoms with van der Waals surface area (Å²) < 4.78 is 4.92. The summed E-state index contributed by atoms with van der Waals surface area (Å²) >= 11 is 1.85. The largest absolute Gasteiger partial charge is 0.309 e. The van der Waals surface area contributed by atoms with Gasteiger partial charge in [-0.15, -0.1) is 11.3 Å². The topological polar surface area (TPSA) is 43.6 Å². The summed E-state index contributed by atoms with van der Waals surface area (Å²) in [6.45, 7) is 0. The van der Waals surface area contributed by atoms with Crippen molar-refractivity contribution in [2.45, 2.75) is 0 Å². The van der Waals surface area contributed by atoms with Crippen molar-refractivity contribution in [2.24, 2.45) is 0 Å². The van der Waals surface area contributed by atoms with Gasteiger partial charge in [0.1, 0.15) is 0 Å². The highest BCUT2D eigenvalue weighted by Gasteiger charge is 2.23. The number of aromatic nitrogens is 4. The number of nitrogens with zero attached hydrogens (tertiary/aromatic N) is 4. The Kier molecular flexibility index (Phi) is 8.65. The molecule has 3 aromatic heterocycles. The summed E-state index contributed by atoms with van der Waals surface area (Å²) in [7, 11) is 0. The van der Waals surface area contributed by atoms with Crippen LogP contribution in [0, 0.1) is 0 Å². The molecule has 9 aromatic carbocycles. The molecule has 0 aliphatic heterocycles. The van der Waals surface area contributed by atoms with Gasteiger partial charge in [-0.25, -0.2) is 15.0 Å². The van der Waals surface area contributed by atoms with E-state index in [1.54, 1.807) is 0 Å². The molecule has 5 heteroatoms. The van der Waals surface area contributed by atoms with Gasteiger partial charge in [0.2, 0.25) is 0 Å². The van der Waals surface area contributed by atoms with E-state index >= 15 is 0 Å². The standard InChI is InChI=1S/C57H36N4S/c1-5-18-37(19-6-1)42-26-13-14-27-43(42)40-32-33-44(48(36-40)57-59-55(38-20-7-2-8-21-38)58-56(60-57)39-22-9-3-10-23-39)46-29-17-31-50-52(46)53-51(62-50)35-34-47-45-28-15-16-30-49(45)61(54(47)53)41-24-11-4-12-25-41/h1-36H. The number of thiophene rings is 1. The summed E-state index contributed by atoms with van der Waals surface area (Å²) in [4.78, 5) is 15.8. The van der Waals surface area contributed by atoms with E-state index in [1.807, 2.05) is 47.7 Å². The van der Waals surface area contributed by atoms with E-state index in [1.165, 1.54) is 53.1 Å². The van der Waals surface area contributed by atoms with Gasteiger partial charge in [-0.05, 0) is 69.8 Å². The second kappa shape index (κ2) is 14.9. The Bertz CT molecular complexity index is 3560. The molecule has 0 atom stereocenters. The summed E-state index contributed by atoms with van der Waals surface area (Å²) in [5.41, 5.74) is 13.1. The van der Waals surface area contributed by atoms with Crippen LogP contribution in [0.5, 0.6) is 0 Å². The Labute approximate surface area is 362 Å². The summed E-state index contributed by atoms with van der Waals surface area (Å²) in [5, 5.41) is 4.93. The number of rotatable bonds is 7. The molecule has 0 aliphatic rings. The predicted molar refractivity (Wildman–Crippen MR) is 260 cm³/mol. The second-order valence-corrected chi connectivity index (χ2v) is 16.6. The van der Waals surface area contributed by atoms with Crippen molar-refractivity contribution in [1.82, 2.24) is 19.5 Å². The molecule has 0 aliphatic carbocycles. The first-order valence-electron chi connectivity index (χ1n) is 20.9. The monoisotopic (exact) mass is 808 g/mol. The molecule has 0 N–H and O–H groups in total. The molecule has 0 saturated heterocycles. The number of fused-ring (bicyclic) bond motifs is 7. The van der Waals surface area contributed by atoms with Crippen molar-refractivity contribution in [2.75, 3.05) is 0 Å². The fourth-order valence-corrected chi connectivity index (χ4v) is 10.2. The smallest absolute Gasteiger partial charge is 0.164 e. The van der Waals surface area contributed by atoms with Crippen molar-refractivity contribution in [3.05, 3.63) is 218 Å². The number of benzene rings is 9. The van der Waals surface area contributed by atoms with Crippen molar-refractivity contribution in [3.8, 4) is 73.2 Å². The Hall–Kier alpha value is -7.99. The molecule has 0 bridgehead atoms. The van der Waals surface area contributed by atoms with Crippen LogP contribution in [0.15, 0.2) is 218 Å². The van der Waals surface area contributed by atoms with Gasteiger partial charge in [-0.1, -0.05) is 182 Å². The Balaban J connectivity index is 1.19. The summed E-state index contributed by atoms with van der Waals surface area (Å²) in [6, 6.07) is 77.4. The normalized spacial score (nSPS) is 11.5. The van der Waals surface area contributed by atoms with Gasteiger partial charge >= 0.3 is 0 Å². The Morgan fingerprint density at radius 3 is 1.56 bits per heavy atom. The van der Waals surface area contributed by atoms with Crippen LogP contribution in [0.4, 0.5) is 0 Å². The van der Waals surface area contributed by atoms with E-state index in [9.17, 15) is 0 Å². The molecule has 0 unspecified atom stereocenters. The van der Waals surface area contributed by atoms with E-state index in [-0.39, 0.29) is 0 Å². The van der Waals surface area contributed by atoms with Crippen LogP contribution in [0.25, 0.3) is 115 Å². The lowest BCUT2D eigenvalue weighted by Gasteiger charge is -2.17. The average molecular weight is 809 g/mol. The second-order valence-electron chi connectivity index (χ2n) is 15.5. The molecule has 0 fully saturated rings. The van der Waals surface area contributed by atoms with Crippen LogP contribution >= 0.6 is 11.3 Å². The minimum Gasteiger partial charge on any atom is -0.309 e. The maximum Gasteiger partial charge on any atom is 0.164 e. The molecule has 0 saturated carbocycles. The summed E-state index contributed by atoms with van der Waals surface area (Å²) in [5.74, 6) is 1.87. The first kappa shape index (κ1) is 35.9. The van der Waals surface area contributed by atoms with E-state index in [0.717, 1.165) is 44.6 Å². The fourth-order valence-electron chi connectivity index (χ4n) is 9.09. The van der Waals surface area contributed by atoms with Gasteiger partial charge in [0.15, 0.2) is 17.5 Å². The zero-order valence-electron chi connectivity index (χ0n) is 33.5. The number of hydrogen-bond acceptors (Lipinski definition) is 4. The Morgan fingerprint density at radius 1 is 0.323 bits per heavy atom. The summed E-state index contributed by atoms with van der Waals surface area (Å²) in [6.07, 6.45) is 0. The lowest BCUT2D eigenvalue weighted by Crippen LogP contribution is -2.01. The third kappa shape index (κ3) is 6.01.